The van der Waals surface area contributed by atoms with Crippen LogP contribution < -0.4 is 0 Å². The van der Waals surface area contributed by atoms with Crippen molar-refractivity contribution < 1.29 is 9.84 Å². The Bertz CT molecular complexity index is 576. The molecule has 0 aliphatic carbocycles. The first-order valence-electron chi connectivity index (χ1n) is 6.62. The Morgan fingerprint density at radius 2 is 1.75 bits per heavy atom. The summed E-state index contributed by atoms with van der Waals surface area (Å²) in [4.78, 5) is 0. The van der Waals surface area contributed by atoms with Crippen molar-refractivity contribution in [3.8, 4) is 11.8 Å². The van der Waals surface area contributed by atoms with E-state index in [1.807, 2.05) is 61.5 Å². The van der Waals surface area contributed by atoms with Gasteiger partial charge in [0.05, 0.1) is 13.2 Å². The summed E-state index contributed by atoms with van der Waals surface area (Å²) in [5.41, 5.74) is 3.19. The second-order valence-corrected chi connectivity index (χ2v) is 4.65. The van der Waals surface area contributed by atoms with E-state index in [2.05, 4.69) is 11.8 Å². The third-order valence-corrected chi connectivity index (χ3v) is 2.82. The number of hydrogen-bond acceptors (Lipinski definition) is 2. The van der Waals surface area contributed by atoms with Gasteiger partial charge in [0.1, 0.15) is 6.10 Å². The summed E-state index contributed by atoms with van der Waals surface area (Å²) < 4.78 is 5.44. The lowest BCUT2D eigenvalue weighted by molar-refractivity contribution is 0.0544. The zero-order valence-corrected chi connectivity index (χ0v) is 11.5. The van der Waals surface area contributed by atoms with E-state index in [1.165, 1.54) is 5.56 Å². The van der Waals surface area contributed by atoms with E-state index >= 15 is 0 Å². The monoisotopic (exact) mass is 266 g/mol. The lowest BCUT2D eigenvalue weighted by Gasteiger charge is -2.05. The van der Waals surface area contributed by atoms with Crippen molar-refractivity contribution in [2.75, 3.05) is 6.61 Å². The molecule has 2 aromatic carbocycles. The zero-order chi connectivity index (χ0) is 14.2. The lowest BCUT2D eigenvalue weighted by Crippen LogP contribution is -2.12. The van der Waals surface area contributed by atoms with Crippen LogP contribution in [0.5, 0.6) is 0 Å². The average molecular weight is 266 g/mol. The van der Waals surface area contributed by atoms with Crippen molar-refractivity contribution in [1.29, 1.82) is 0 Å². The van der Waals surface area contributed by atoms with Gasteiger partial charge in [0.2, 0.25) is 0 Å². The van der Waals surface area contributed by atoms with Crippen LogP contribution in [0.1, 0.15) is 16.7 Å². The molecule has 1 atom stereocenters. The van der Waals surface area contributed by atoms with Crippen LogP contribution in [0, 0.1) is 18.8 Å². The van der Waals surface area contributed by atoms with Crippen LogP contribution in [-0.4, -0.2) is 17.8 Å². The average Bonchev–Trinajstić information content (AvgIpc) is 2.48. The maximum atomic E-state index is 9.74. The van der Waals surface area contributed by atoms with Gasteiger partial charge < -0.3 is 9.84 Å². The number of aliphatic hydroxyl groups is 1. The number of hydrogen-bond donors (Lipinski definition) is 1. The van der Waals surface area contributed by atoms with Crippen molar-refractivity contribution in [2.45, 2.75) is 19.6 Å². The van der Waals surface area contributed by atoms with Crippen LogP contribution in [0.2, 0.25) is 0 Å². The highest BCUT2D eigenvalue weighted by Crippen LogP contribution is 2.02. The van der Waals surface area contributed by atoms with Crippen LogP contribution in [0.15, 0.2) is 54.6 Å². The predicted molar refractivity (Wildman–Crippen MR) is 80.2 cm³/mol. The summed E-state index contributed by atoms with van der Waals surface area (Å²) in [6, 6.07) is 17.8. The molecular formula is C18H18O2. The van der Waals surface area contributed by atoms with E-state index in [1.54, 1.807) is 0 Å². The predicted octanol–water partition coefficient (Wildman–Crippen LogP) is 2.92. The zero-order valence-electron chi connectivity index (χ0n) is 11.5. The minimum atomic E-state index is -0.764. The first-order valence-corrected chi connectivity index (χ1v) is 6.62. The largest absolute Gasteiger partial charge is 0.378 e. The SMILES string of the molecule is Cc1ccc(C#C[C@H](O)COCc2ccccc2)cc1. The van der Waals surface area contributed by atoms with Gasteiger partial charge in [-0.3, -0.25) is 0 Å². The standard InChI is InChI=1S/C18H18O2/c1-15-7-9-16(10-8-15)11-12-18(19)14-20-13-17-5-3-2-4-6-17/h2-10,18-19H,13-14H2,1H3/t18-/m0/s1. The molecule has 0 aromatic heterocycles. The third kappa shape index (κ3) is 4.89. The van der Waals surface area contributed by atoms with Gasteiger partial charge >= 0.3 is 0 Å². The molecule has 0 saturated carbocycles. The van der Waals surface area contributed by atoms with Gasteiger partial charge in [-0.15, -0.1) is 0 Å². The summed E-state index contributed by atoms with van der Waals surface area (Å²) in [6.07, 6.45) is -0.764. The highest BCUT2D eigenvalue weighted by molar-refractivity contribution is 5.36. The topological polar surface area (TPSA) is 29.5 Å². The summed E-state index contributed by atoms with van der Waals surface area (Å²) in [6.45, 7) is 2.74. The van der Waals surface area contributed by atoms with Gasteiger partial charge in [0.15, 0.2) is 0 Å². The Hall–Kier alpha value is -2.08. The summed E-state index contributed by atoms with van der Waals surface area (Å²) in [5, 5.41) is 9.74. The molecule has 1 N–H and O–H groups in total. The molecule has 2 rings (SSSR count). The van der Waals surface area contributed by atoms with E-state index in [-0.39, 0.29) is 6.61 Å². The van der Waals surface area contributed by atoms with E-state index in [0.29, 0.717) is 6.61 Å². The third-order valence-electron chi connectivity index (χ3n) is 2.82. The van der Waals surface area contributed by atoms with Crippen molar-refractivity contribution in [2.24, 2.45) is 0 Å². The molecule has 0 bridgehead atoms. The molecule has 0 radical (unpaired) electrons. The molecule has 0 spiro atoms. The van der Waals surface area contributed by atoms with Crippen LogP contribution in [0.4, 0.5) is 0 Å². The van der Waals surface area contributed by atoms with Crippen LogP contribution in [0.25, 0.3) is 0 Å². The highest BCUT2D eigenvalue weighted by Gasteiger charge is 1.99. The highest BCUT2D eigenvalue weighted by atomic mass is 16.5. The smallest absolute Gasteiger partial charge is 0.138 e. The summed E-state index contributed by atoms with van der Waals surface area (Å²) >= 11 is 0. The molecule has 0 aliphatic rings. The second kappa shape index (κ2) is 7.49. The number of ether oxygens (including phenoxy) is 1. The fourth-order valence-corrected chi connectivity index (χ4v) is 1.71. The van der Waals surface area contributed by atoms with Crippen molar-refractivity contribution in [3.63, 3.8) is 0 Å². The van der Waals surface area contributed by atoms with Gasteiger partial charge in [-0.25, -0.2) is 0 Å². The van der Waals surface area contributed by atoms with Gasteiger partial charge in [-0.1, -0.05) is 59.9 Å². The Balaban J connectivity index is 1.78. The fraction of sp³-hybridized carbons (Fsp3) is 0.222. The molecule has 0 saturated heterocycles. The van der Waals surface area contributed by atoms with Gasteiger partial charge in [0, 0.05) is 5.56 Å². The number of rotatable bonds is 4. The maximum Gasteiger partial charge on any atom is 0.138 e. The normalized spacial score (nSPS) is 11.5. The van der Waals surface area contributed by atoms with E-state index in [0.717, 1.165) is 11.1 Å². The molecule has 102 valence electrons. The molecule has 2 heteroatoms. The molecule has 20 heavy (non-hydrogen) atoms. The Morgan fingerprint density at radius 3 is 2.45 bits per heavy atom. The Morgan fingerprint density at radius 1 is 1.05 bits per heavy atom. The van der Waals surface area contributed by atoms with Crippen molar-refractivity contribution in [1.82, 2.24) is 0 Å². The minimum absolute atomic E-state index is 0.216. The molecule has 0 amide bonds. The van der Waals surface area contributed by atoms with Crippen LogP contribution in [0.3, 0.4) is 0 Å². The van der Waals surface area contributed by atoms with Crippen LogP contribution in [-0.2, 0) is 11.3 Å². The number of benzene rings is 2. The Kier molecular flexibility index (Phi) is 5.37. The first-order chi connectivity index (χ1) is 9.74. The Labute approximate surface area is 120 Å². The van der Waals surface area contributed by atoms with E-state index in [4.69, 9.17) is 4.74 Å². The maximum absolute atomic E-state index is 9.74. The second-order valence-electron chi connectivity index (χ2n) is 4.65. The number of aliphatic hydroxyl groups excluding tert-OH is 1. The van der Waals surface area contributed by atoms with E-state index in [9.17, 15) is 5.11 Å². The molecular weight excluding hydrogens is 248 g/mol. The van der Waals surface area contributed by atoms with Gasteiger partial charge in [-0.2, -0.15) is 0 Å². The van der Waals surface area contributed by atoms with Crippen molar-refractivity contribution in [3.05, 3.63) is 71.3 Å². The molecule has 0 heterocycles. The molecule has 2 aromatic rings. The molecule has 0 aliphatic heterocycles. The first kappa shape index (κ1) is 14.3. The molecule has 2 nitrogen and oxygen atoms in total. The fourth-order valence-electron chi connectivity index (χ4n) is 1.71. The molecule has 0 unspecified atom stereocenters. The minimum Gasteiger partial charge on any atom is -0.378 e. The summed E-state index contributed by atoms with van der Waals surface area (Å²) in [7, 11) is 0. The summed E-state index contributed by atoms with van der Waals surface area (Å²) in [5.74, 6) is 5.73. The number of aryl methyl sites for hydroxylation is 1. The van der Waals surface area contributed by atoms with Crippen molar-refractivity contribution >= 4 is 0 Å². The van der Waals surface area contributed by atoms with Gasteiger partial charge in [0.25, 0.3) is 0 Å². The van der Waals surface area contributed by atoms with E-state index < -0.39 is 6.10 Å². The lowest BCUT2D eigenvalue weighted by atomic mass is 10.1. The quantitative estimate of drug-likeness (QED) is 0.862. The van der Waals surface area contributed by atoms with Gasteiger partial charge in [-0.05, 0) is 24.6 Å². The molecule has 0 fully saturated rings. The van der Waals surface area contributed by atoms with Crippen LogP contribution >= 0.6 is 0 Å².